The minimum atomic E-state index is -1.04. The summed E-state index contributed by atoms with van der Waals surface area (Å²) in [5, 5.41) is 11.7. The number of benzene rings is 2. The Morgan fingerprint density at radius 3 is 2.55 bits per heavy atom. The highest BCUT2D eigenvalue weighted by molar-refractivity contribution is 6.39. The van der Waals surface area contributed by atoms with Gasteiger partial charge in [-0.05, 0) is 67.4 Å². The number of furan rings is 1. The lowest BCUT2D eigenvalue weighted by molar-refractivity contribution is -0.122. The van der Waals surface area contributed by atoms with Gasteiger partial charge in [-0.25, -0.2) is 14.5 Å². The second-order valence-electron chi connectivity index (χ2n) is 7.38. The van der Waals surface area contributed by atoms with Crippen LogP contribution in [0.1, 0.15) is 27.2 Å². The van der Waals surface area contributed by atoms with Gasteiger partial charge in [0.2, 0.25) is 0 Å². The molecule has 0 spiro atoms. The quantitative estimate of drug-likeness (QED) is 0.431. The van der Waals surface area contributed by atoms with Gasteiger partial charge >= 0.3 is 12.0 Å². The number of aromatic carboxylic acids is 1. The Kier molecular flexibility index (Phi) is 5.61. The van der Waals surface area contributed by atoms with Gasteiger partial charge in [-0.2, -0.15) is 0 Å². The van der Waals surface area contributed by atoms with Gasteiger partial charge in [0.05, 0.1) is 11.3 Å². The number of hydrogen-bond acceptors (Lipinski definition) is 5. The van der Waals surface area contributed by atoms with Gasteiger partial charge in [0.15, 0.2) is 0 Å². The number of rotatable bonds is 4. The lowest BCUT2D eigenvalue weighted by atomic mass is 10.0. The molecule has 1 aromatic heterocycles. The predicted octanol–water partition coefficient (Wildman–Crippen LogP) is 4.58. The Balaban J connectivity index is 1.69. The lowest BCUT2D eigenvalue weighted by Gasteiger charge is -2.27. The van der Waals surface area contributed by atoms with E-state index >= 15 is 0 Å². The van der Waals surface area contributed by atoms with E-state index in [0.29, 0.717) is 27.5 Å². The molecular weight excluding hydrogens is 448 g/mol. The van der Waals surface area contributed by atoms with Crippen LogP contribution >= 0.6 is 11.6 Å². The third-order valence-electron chi connectivity index (χ3n) is 5.23. The van der Waals surface area contributed by atoms with Crippen LogP contribution in [0, 0.1) is 13.8 Å². The molecule has 2 N–H and O–H groups in total. The maximum atomic E-state index is 13.1. The molecule has 33 heavy (non-hydrogen) atoms. The summed E-state index contributed by atoms with van der Waals surface area (Å²) in [6.07, 6.45) is 1.25. The Bertz CT molecular complexity index is 1370. The third kappa shape index (κ3) is 4.04. The molecular formula is C24H17ClN2O6. The first kappa shape index (κ1) is 22.0. The lowest BCUT2D eigenvalue weighted by Crippen LogP contribution is -2.54. The number of hydrogen-bond donors (Lipinski definition) is 2. The molecule has 0 radical (unpaired) electrons. The highest BCUT2D eigenvalue weighted by Gasteiger charge is 2.37. The standard InChI is InChI=1S/C24H17ClN2O6/c1-12-10-14(23(30)31)6-8-16(12)20-9-7-15(33-20)11-17-21(28)26-24(32)27(22(17)29)19-5-3-4-18(25)13(19)2/h3-11H,1-2H3,(H,30,31)(H,26,28,32). The zero-order valence-corrected chi connectivity index (χ0v) is 18.3. The Labute approximate surface area is 193 Å². The maximum absolute atomic E-state index is 13.1. The van der Waals surface area contributed by atoms with Gasteiger partial charge < -0.3 is 9.52 Å². The number of halogens is 1. The van der Waals surface area contributed by atoms with Crippen molar-refractivity contribution in [1.82, 2.24) is 5.32 Å². The van der Waals surface area contributed by atoms with Crippen LogP contribution in [0.15, 0.2) is 58.5 Å². The molecule has 1 saturated heterocycles. The van der Waals surface area contributed by atoms with E-state index < -0.39 is 23.8 Å². The third-order valence-corrected chi connectivity index (χ3v) is 5.64. The molecule has 8 nitrogen and oxygen atoms in total. The maximum Gasteiger partial charge on any atom is 0.335 e. The summed E-state index contributed by atoms with van der Waals surface area (Å²) < 4.78 is 5.78. The van der Waals surface area contributed by atoms with Crippen LogP contribution in [0.2, 0.25) is 5.02 Å². The van der Waals surface area contributed by atoms with Gasteiger partial charge in [-0.3, -0.25) is 14.9 Å². The molecule has 0 saturated carbocycles. The molecule has 1 aliphatic heterocycles. The van der Waals surface area contributed by atoms with E-state index in [0.717, 1.165) is 4.90 Å². The number of carboxylic acid groups (broad SMARTS) is 1. The van der Waals surface area contributed by atoms with Gasteiger partial charge in [0.25, 0.3) is 11.8 Å². The van der Waals surface area contributed by atoms with Crippen LogP contribution in [0.25, 0.3) is 17.4 Å². The molecule has 4 rings (SSSR count). The van der Waals surface area contributed by atoms with Crippen molar-refractivity contribution in [1.29, 1.82) is 0 Å². The largest absolute Gasteiger partial charge is 0.478 e. The molecule has 0 atom stereocenters. The topological polar surface area (TPSA) is 117 Å². The van der Waals surface area contributed by atoms with Crippen LogP contribution < -0.4 is 10.2 Å². The van der Waals surface area contributed by atoms with Crippen molar-refractivity contribution < 1.29 is 28.7 Å². The monoisotopic (exact) mass is 464 g/mol. The number of urea groups is 1. The van der Waals surface area contributed by atoms with Crippen molar-refractivity contribution in [2.45, 2.75) is 13.8 Å². The van der Waals surface area contributed by atoms with E-state index in [1.807, 2.05) is 0 Å². The SMILES string of the molecule is Cc1cc(C(=O)O)ccc1-c1ccc(C=C2C(=O)NC(=O)N(c3cccc(Cl)c3C)C2=O)o1. The van der Waals surface area contributed by atoms with E-state index in [1.165, 1.54) is 18.2 Å². The van der Waals surface area contributed by atoms with Crippen LogP contribution in [0.3, 0.4) is 0 Å². The zero-order chi connectivity index (χ0) is 23.9. The van der Waals surface area contributed by atoms with Crippen molar-refractivity contribution in [3.05, 3.63) is 81.6 Å². The van der Waals surface area contributed by atoms with Gasteiger partial charge in [-0.15, -0.1) is 0 Å². The van der Waals surface area contributed by atoms with E-state index in [4.69, 9.17) is 21.1 Å². The number of carboxylic acids is 1. The summed E-state index contributed by atoms with van der Waals surface area (Å²) in [5.41, 5.74) is 1.98. The molecule has 2 aromatic carbocycles. The number of nitrogens with zero attached hydrogens (tertiary/aromatic N) is 1. The Morgan fingerprint density at radius 2 is 1.85 bits per heavy atom. The van der Waals surface area contributed by atoms with E-state index in [2.05, 4.69) is 5.32 Å². The van der Waals surface area contributed by atoms with E-state index in [1.54, 1.807) is 50.2 Å². The molecule has 3 aromatic rings. The summed E-state index contributed by atoms with van der Waals surface area (Å²) in [7, 11) is 0. The highest BCUT2D eigenvalue weighted by atomic mass is 35.5. The number of barbiturate groups is 1. The second-order valence-corrected chi connectivity index (χ2v) is 7.79. The normalized spacial score (nSPS) is 15.2. The number of anilines is 1. The first-order valence-electron chi connectivity index (χ1n) is 9.78. The summed E-state index contributed by atoms with van der Waals surface area (Å²) in [4.78, 5) is 49.9. The van der Waals surface area contributed by atoms with Crippen LogP contribution in [0.5, 0.6) is 0 Å². The van der Waals surface area contributed by atoms with Crippen molar-refractivity contribution in [2.24, 2.45) is 0 Å². The summed E-state index contributed by atoms with van der Waals surface area (Å²) >= 11 is 6.13. The van der Waals surface area contributed by atoms with Crippen molar-refractivity contribution in [3.63, 3.8) is 0 Å². The average Bonchev–Trinajstić information content (AvgIpc) is 3.22. The van der Waals surface area contributed by atoms with Gasteiger partial charge in [0, 0.05) is 10.6 Å². The smallest absolute Gasteiger partial charge is 0.335 e. The number of aryl methyl sites for hydroxylation is 1. The number of carbonyl (C=O) groups excluding carboxylic acids is 3. The van der Waals surface area contributed by atoms with E-state index in [-0.39, 0.29) is 22.6 Å². The van der Waals surface area contributed by atoms with Crippen LogP contribution in [-0.4, -0.2) is 28.9 Å². The molecule has 0 unspecified atom stereocenters. The summed E-state index contributed by atoms with van der Waals surface area (Å²) in [5.74, 6) is -2.05. The molecule has 9 heteroatoms. The number of carbonyl (C=O) groups is 4. The molecule has 0 aliphatic carbocycles. The first-order valence-corrected chi connectivity index (χ1v) is 10.2. The molecule has 2 heterocycles. The first-order chi connectivity index (χ1) is 15.7. The fourth-order valence-electron chi connectivity index (χ4n) is 3.51. The van der Waals surface area contributed by atoms with Crippen molar-refractivity contribution in [3.8, 4) is 11.3 Å². The molecule has 166 valence electrons. The Morgan fingerprint density at radius 1 is 1.09 bits per heavy atom. The van der Waals surface area contributed by atoms with Crippen molar-refractivity contribution >= 4 is 47.2 Å². The molecule has 4 amide bonds. The van der Waals surface area contributed by atoms with Gasteiger partial charge in [0.1, 0.15) is 17.1 Å². The number of amides is 4. The second kappa shape index (κ2) is 8.40. The van der Waals surface area contributed by atoms with Crippen molar-refractivity contribution in [2.75, 3.05) is 4.90 Å². The molecule has 1 aliphatic rings. The minimum Gasteiger partial charge on any atom is -0.478 e. The van der Waals surface area contributed by atoms with Gasteiger partial charge in [-0.1, -0.05) is 23.7 Å². The molecule has 1 fully saturated rings. The van der Waals surface area contributed by atoms with Crippen LogP contribution in [0.4, 0.5) is 10.5 Å². The predicted molar refractivity (Wildman–Crippen MR) is 121 cm³/mol. The Hall–Kier alpha value is -4.17. The van der Waals surface area contributed by atoms with E-state index in [9.17, 15) is 19.2 Å². The van der Waals surface area contributed by atoms with Crippen LogP contribution in [-0.2, 0) is 9.59 Å². The minimum absolute atomic E-state index is 0.149. The number of nitrogens with one attached hydrogen (secondary N) is 1. The summed E-state index contributed by atoms with van der Waals surface area (Å²) in [6, 6.07) is 11.7. The fraction of sp³-hybridized carbons (Fsp3) is 0.0833. The zero-order valence-electron chi connectivity index (χ0n) is 17.5. The number of imide groups is 2. The summed E-state index contributed by atoms with van der Waals surface area (Å²) in [6.45, 7) is 3.41. The highest BCUT2D eigenvalue weighted by Crippen LogP contribution is 2.31. The fourth-order valence-corrected chi connectivity index (χ4v) is 3.67. The average molecular weight is 465 g/mol. The molecule has 0 bridgehead atoms.